The monoisotopic (exact) mass is 338 g/mol. The first-order valence-corrected chi connectivity index (χ1v) is 7.72. The summed E-state index contributed by atoms with van der Waals surface area (Å²) in [7, 11) is 0. The van der Waals surface area contributed by atoms with Crippen LogP contribution in [0.3, 0.4) is 0 Å². The molecule has 6 heteroatoms. The average Bonchev–Trinajstić information content (AvgIpc) is 2.59. The Hall–Kier alpha value is -2.92. The van der Waals surface area contributed by atoms with Crippen LogP contribution < -0.4 is 10.6 Å². The van der Waals surface area contributed by atoms with Crippen molar-refractivity contribution < 1.29 is 4.79 Å². The van der Waals surface area contributed by atoms with Crippen LogP contribution in [0.2, 0.25) is 5.02 Å². The molecule has 0 unspecified atom stereocenters. The number of amides is 1. The van der Waals surface area contributed by atoms with Crippen molar-refractivity contribution in [3.8, 4) is 0 Å². The third-order valence-corrected chi connectivity index (χ3v) is 3.59. The van der Waals surface area contributed by atoms with Crippen molar-refractivity contribution >= 4 is 34.8 Å². The van der Waals surface area contributed by atoms with Gasteiger partial charge in [0.1, 0.15) is 0 Å². The molecule has 120 valence electrons. The van der Waals surface area contributed by atoms with Gasteiger partial charge in [0, 0.05) is 16.3 Å². The number of rotatable bonds is 4. The number of carbonyl (C=O) groups excluding carboxylic acids is 1. The van der Waals surface area contributed by atoms with Crippen molar-refractivity contribution in [2.45, 2.75) is 6.92 Å². The summed E-state index contributed by atoms with van der Waals surface area (Å²) < 4.78 is 0. The Bertz CT molecular complexity index is 830. The number of benzene rings is 2. The molecule has 2 aromatic carbocycles. The molecule has 0 radical (unpaired) electrons. The number of nitrogens with one attached hydrogen (secondary N) is 2. The number of hydrogen-bond donors (Lipinski definition) is 2. The van der Waals surface area contributed by atoms with E-state index < -0.39 is 0 Å². The normalized spacial score (nSPS) is 10.2. The number of halogens is 1. The Kier molecular flexibility index (Phi) is 4.72. The van der Waals surface area contributed by atoms with E-state index in [-0.39, 0.29) is 5.91 Å². The van der Waals surface area contributed by atoms with Gasteiger partial charge in [0.25, 0.3) is 5.91 Å². The van der Waals surface area contributed by atoms with Crippen LogP contribution >= 0.6 is 11.6 Å². The van der Waals surface area contributed by atoms with Crippen molar-refractivity contribution in [3.63, 3.8) is 0 Å². The molecule has 1 heterocycles. The summed E-state index contributed by atoms with van der Waals surface area (Å²) >= 11 is 5.85. The fourth-order valence-electron chi connectivity index (χ4n) is 2.04. The van der Waals surface area contributed by atoms with Crippen LogP contribution in [0, 0.1) is 6.92 Å². The quantitative estimate of drug-likeness (QED) is 0.738. The van der Waals surface area contributed by atoms with Gasteiger partial charge in [-0.1, -0.05) is 29.3 Å². The summed E-state index contributed by atoms with van der Waals surface area (Å²) in [6.45, 7) is 1.97. The van der Waals surface area contributed by atoms with Crippen molar-refractivity contribution in [1.82, 2.24) is 10.2 Å². The minimum Gasteiger partial charge on any atom is -0.339 e. The summed E-state index contributed by atoms with van der Waals surface area (Å²) in [6.07, 6.45) is 0. The standard InChI is InChI=1S/C18H15ClN4O/c1-12-2-4-13(5-3-12)18(24)21-17-11-10-16(22-23-17)20-15-8-6-14(19)7-9-15/h2-11H,1H3,(H,20,22)(H,21,23,24). The van der Waals surface area contributed by atoms with Crippen molar-refractivity contribution in [3.05, 3.63) is 76.8 Å². The SMILES string of the molecule is Cc1ccc(C(=O)Nc2ccc(Nc3ccc(Cl)cc3)nn2)cc1. The molecule has 0 aliphatic carbocycles. The van der Waals surface area contributed by atoms with E-state index in [2.05, 4.69) is 20.8 Å². The summed E-state index contributed by atoms with van der Waals surface area (Å²) in [4.78, 5) is 12.1. The lowest BCUT2D eigenvalue weighted by Crippen LogP contribution is -2.13. The minimum absolute atomic E-state index is 0.220. The van der Waals surface area contributed by atoms with E-state index >= 15 is 0 Å². The Morgan fingerprint density at radius 1 is 0.875 bits per heavy atom. The van der Waals surface area contributed by atoms with E-state index in [0.29, 0.717) is 22.2 Å². The Morgan fingerprint density at radius 3 is 2.12 bits per heavy atom. The first kappa shape index (κ1) is 16.0. The van der Waals surface area contributed by atoms with Gasteiger partial charge in [-0.05, 0) is 55.5 Å². The number of hydrogen-bond acceptors (Lipinski definition) is 4. The van der Waals surface area contributed by atoms with Gasteiger partial charge >= 0.3 is 0 Å². The number of aromatic nitrogens is 2. The van der Waals surface area contributed by atoms with Crippen LogP contribution in [0.4, 0.5) is 17.3 Å². The first-order chi connectivity index (χ1) is 11.6. The van der Waals surface area contributed by atoms with Crippen LogP contribution in [0.25, 0.3) is 0 Å². The number of aryl methyl sites for hydroxylation is 1. The second kappa shape index (κ2) is 7.10. The van der Waals surface area contributed by atoms with Crippen LogP contribution in [-0.2, 0) is 0 Å². The van der Waals surface area contributed by atoms with E-state index in [9.17, 15) is 4.79 Å². The molecule has 0 spiro atoms. The molecule has 0 bridgehead atoms. The molecule has 5 nitrogen and oxygen atoms in total. The molecule has 3 aromatic rings. The molecule has 3 rings (SSSR count). The van der Waals surface area contributed by atoms with Gasteiger partial charge in [0.15, 0.2) is 11.6 Å². The Labute approximate surface area is 144 Å². The van der Waals surface area contributed by atoms with Crippen LogP contribution in [0.5, 0.6) is 0 Å². The molecule has 24 heavy (non-hydrogen) atoms. The maximum Gasteiger partial charge on any atom is 0.256 e. The lowest BCUT2D eigenvalue weighted by atomic mass is 10.1. The van der Waals surface area contributed by atoms with Gasteiger partial charge in [-0.3, -0.25) is 4.79 Å². The smallest absolute Gasteiger partial charge is 0.256 e. The highest BCUT2D eigenvalue weighted by atomic mass is 35.5. The summed E-state index contributed by atoms with van der Waals surface area (Å²) in [5.74, 6) is 0.746. The second-order valence-corrected chi connectivity index (χ2v) is 5.69. The summed E-state index contributed by atoms with van der Waals surface area (Å²) in [5.41, 5.74) is 2.53. The van der Waals surface area contributed by atoms with E-state index in [4.69, 9.17) is 11.6 Å². The maximum atomic E-state index is 12.1. The lowest BCUT2D eigenvalue weighted by molar-refractivity contribution is 0.102. The second-order valence-electron chi connectivity index (χ2n) is 5.26. The minimum atomic E-state index is -0.220. The highest BCUT2D eigenvalue weighted by Gasteiger charge is 2.07. The highest BCUT2D eigenvalue weighted by Crippen LogP contribution is 2.18. The highest BCUT2D eigenvalue weighted by molar-refractivity contribution is 6.30. The predicted octanol–water partition coefficient (Wildman–Crippen LogP) is 4.43. The number of anilines is 3. The van der Waals surface area contributed by atoms with Crippen molar-refractivity contribution in [1.29, 1.82) is 0 Å². The zero-order valence-corrected chi connectivity index (χ0v) is 13.7. The number of carbonyl (C=O) groups is 1. The fourth-order valence-corrected chi connectivity index (χ4v) is 2.17. The zero-order chi connectivity index (χ0) is 16.9. The van der Waals surface area contributed by atoms with Crippen LogP contribution in [-0.4, -0.2) is 16.1 Å². The molecule has 0 atom stereocenters. The Balaban J connectivity index is 1.64. The van der Waals surface area contributed by atoms with Crippen molar-refractivity contribution in [2.24, 2.45) is 0 Å². The van der Waals surface area contributed by atoms with Gasteiger partial charge < -0.3 is 10.6 Å². The number of nitrogens with zero attached hydrogens (tertiary/aromatic N) is 2. The Morgan fingerprint density at radius 2 is 1.50 bits per heavy atom. The molecule has 2 N–H and O–H groups in total. The largest absolute Gasteiger partial charge is 0.339 e. The third-order valence-electron chi connectivity index (χ3n) is 3.34. The third kappa shape index (κ3) is 4.08. The van der Waals surface area contributed by atoms with E-state index in [0.717, 1.165) is 11.3 Å². The lowest BCUT2D eigenvalue weighted by Gasteiger charge is -2.07. The van der Waals surface area contributed by atoms with Gasteiger partial charge in [-0.15, -0.1) is 10.2 Å². The summed E-state index contributed by atoms with van der Waals surface area (Å²) in [5, 5.41) is 14.5. The fraction of sp³-hybridized carbons (Fsp3) is 0.0556. The summed E-state index contributed by atoms with van der Waals surface area (Å²) in [6, 6.07) is 18.0. The van der Waals surface area contributed by atoms with Crippen LogP contribution in [0.1, 0.15) is 15.9 Å². The van der Waals surface area contributed by atoms with Crippen molar-refractivity contribution in [2.75, 3.05) is 10.6 Å². The van der Waals surface area contributed by atoms with Gasteiger partial charge in [0.2, 0.25) is 0 Å². The van der Waals surface area contributed by atoms with Gasteiger partial charge in [0.05, 0.1) is 0 Å². The first-order valence-electron chi connectivity index (χ1n) is 7.34. The molecule has 0 aliphatic rings. The maximum absolute atomic E-state index is 12.1. The molecule has 0 saturated heterocycles. The molecule has 1 aromatic heterocycles. The van der Waals surface area contributed by atoms with E-state index in [1.165, 1.54) is 0 Å². The zero-order valence-electron chi connectivity index (χ0n) is 13.0. The topological polar surface area (TPSA) is 66.9 Å². The molecule has 0 fully saturated rings. The van der Waals surface area contributed by atoms with Crippen LogP contribution in [0.15, 0.2) is 60.7 Å². The molecular weight excluding hydrogens is 324 g/mol. The van der Waals surface area contributed by atoms with Gasteiger partial charge in [-0.2, -0.15) is 0 Å². The predicted molar refractivity (Wildman–Crippen MR) is 95.9 cm³/mol. The average molecular weight is 339 g/mol. The molecule has 1 amide bonds. The molecule has 0 saturated carbocycles. The van der Waals surface area contributed by atoms with E-state index in [1.807, 2.05) is 31.2 Å². The molecular formula is C18H15ClN4O. The van der Waals surface area contributed by atoms with E-state index in [1.54, 1.807) is 36.4 Å². The van der Waals surface area contributed by atoms with Gasteiger partial charge in [-0.25, -0.2) is 0 Å². The molecule has 0 aliphatic heterocycles.